The summed E-state index contributed by atoms with van der Waals surface area (Å²) in [5, 5.41) is 2.85. The van der Waals surface area contributed by atoms with Gasteiger partial charge in [-0.3, -0.25) is 9.59 Å². The van der Waals surface area contributed by atoms with Crippen LogP contribution in [0.1, 0.15) is 47.7 Å². The molecule has 120 valence electrons. The SMILES string of the molecule is CC(=O)c1ccc(C)c(NC(=O)CC(C)c2ccc(F)cc2)c1. The van der Waals surface area contributed by atoms with Crippen LogP contribution in [0.15, 0.2) is 42.5 Å². The highest BCUT2D eigenvalue weighted by Gasteiger charge is 2.13. The molecule has 0 aromatic heterocycles. The van der Waals surface area contributed by atoms with E-state index in [4.69, 9.17) is 0 Å². The Morgan fingerprint density at radius 2 is 1.78 bits per heavy atom. The molecule has 1 amide bonds. The highest BCUT2D eigenvalue weighted by Crippen LogP contribution is 2.22. The third kappa shape index (κ3) is 4.49. The van der Waals surface area contributed by atoms with Gasteiger partial charge in [-0.1, -0.05) is 31.2 Å². The molecule has 0 aliphatic heterocycles. The first-order chi connectivity index (χ1) is 10.9. The van der Waals surface area contributed by atoms with Gasteiger partial charge in [0.1, 0.15) is 5.82 Å². The highest BCUT2D eigenvalue weighted by molar-refractivity contribution is 5.97. The molecule has 1 unspecified atom stereocenters. The molecule has 1 N–H and O–H groups in total. The van der Waals surface area contributed by atoms with Crippen molar-refractivity contribution in [2.75, 3.05) is 5.32 Å². The first-order valence-electron chi connectivity index (χ1n) is 7.53. The Morgan fingerprint density at radius 1 is 1.13 bits per heavy atom. The van der Waals surface area contributed by atoms with Crippen LogP contribution >= 0.6 is 0 Å². The number of anilines is 1. The quantitative estimate of drug-likeness (QED) is 0.828. The number of Topliss-reactive ketones (excluding diaryl/α,β-unsaturated/α-hetero) is 1. The average Bonchev–Trinajstić information content (AvgIpc) is 2.49. The largest absolute Gasteiger partial charge is 0.326 e. The monoisotopic (exact) mass is 313 g/mol. The van der Waals surface area contributed by atoms with Crippen LogP contribution in [0, 0.1) is 12.7 Å². The molecule has 0 aliphatic rings. The predicted molar refractivity (Wildman–Crippen MR) is 89.2 cm³/mol. The van der Waals surface area contributed by atoms with Gasteiger partial charge in [-0.25, -0.2) is 4.39 Å². The van der Waals surface area contributed by atoms with Gasteiger partial charge in [-0.15, -0.1) is 0 Å². The number of ketones is 1. The van der Waals surface area contributed by atoms with Gasteiger partial charge in [-0.05, 0) is 49.1 Å². The Kier molecular flexibility index (Phi) is 5.27. The molecule has 4 heteroatoms. The lowest BCUT2D eigenvalue weighted by Crippen LogP contribution is -2.15. The lowest BCUT2D eigenvalue weighted by atomic mass is 9.97. The molecule has 0 fully saturated rings. The Balaban J connectivity index is 2.06. The van der Waals surface area contributed by atoms with Crippen molar-refractivity contribution in [3.8, 4) is 0 Å². The second kappa shape index (κ2) is 7.18. The minimum Gasteiger partial charge on any atom is -0.326 e. The van der Waals surface area contributed by atoms with Crippen LogP contribution in [0.3, 0.4) is 0 Å². The fourth-order valence-electron chi connectivity index (χ4n) is 2.36. The molecule has 3 nitrogen and oxygen atoms in total. The predicted octanol–water partition coefficient (Wildman–Crippen LogP) is 4.47. The molecule has 0 saturated carbocycles. The summed E-state index contributed by atoms with van der Waals surface area (Å²) in [6.07, 6.45) is 0.287. The smallest absolute Gasteiger partial charge is 0.224 e. The molecule has 0 saturated heterocycles. The summed E-state index contributed by atoms with van der Waals surface area (Å²) < 4.78 is 12.9. The topological polar surface area (TPSA) is 46.2 Å². The number of amides is 1. The number of halogens is 1. The fraction of sp³-hybridized carbons (Fsp3) is 0.263. The molecule has 0 radical (unpaired) electrons. The third-order valence-electron chi connectivity index (χ3n) is 3.85. The molecule has 1 atom stereocenters. The van der Waals surface area contributed by atoms with Crippen molar-refractivity contribution in [2.45, 2.75) is 33.1 Å². The summed E-state index contributed by atoms with van der Waals surface area (Å²) in [6, 6.07) is 11.4. The van der Waals surface area contributed by atoms with Crippen molar-refractivity contribution in [2.24, 2.45) is 0 Å². The van der Waals surface area contributed by atoms with Gasteiger partial charge in [-0.2, -0.15) is 0 Å². The molecule has 0 bridgehead atoms. The first kappa shape index (κ1) is 16.9. The second-order valence-electron chi connectivity index (χ2n) is 5.79. The number of benzene rings is 2. The maximum absolute atomic E-state index is 12.9. The van der Waals surface area contributed by atoms with Crippen molar-refractivity contribution in [3.05, 3.63) is 65.0 Å². The van der Waals surface area contributed by atoms with E-state index in [1.807, 2.05) is 19.9 Å². The Labute approximate surface area is 135 Å². The lowest BCUT2D eigenvalue weighted by Gasteiger charge is -2.14. The molecule has 2 aromatic carbocycles. The van der Waals surface area contributed by atoms with Gasteiger partial charge in [0.25, 0.3) is 0 Å². The number of aryl methyl sites for hydroxylation is 1. The highest BCUT2D eigenvalue weighted by atomic mass is 19.1. The standard InChI is InChI=1S/C19H20FNO2/c1-12-4-5-16(14(3)22)11-18(12)21-19(23)10-13(2)15-6-8-17(20)9-7-15/h4-9,11,13H,10H2,1-3H3,(H,21,23). The molecule has 23 heavy (non-hydrogen) atoms. The maximum Gasteiger partial charge on any atom is 0.224 e. The van der Waals surface area contributed by atoms with Gasteiger partial charge in [0.15, 0.2) is 5.78 Å². The normalized spacial score (nSPS) is 11.8. The van der Waals surface area contributed by atoms with Gasteiger partial charge in [0.2, 0.25) is 5.91 Å². The number of carbonyl (C=O) groups is 2. The van der Waals surface area contributed by atoms with Crippen molar-refractivity contribution < 1.29 is 14.0 Å². The Bertz CT molecular complexity index is 723. The van der Waals surface area contributed by atoms with Gasteiger partial charge < -0.3 is 5.32 Å². The van der Waals surface area contributed by atoms with Crippen LogP contribution in [-0.4, -0.2) is 11.7 Å². The second-order valence-corrected chi connectivity index (χ2v) is 5.79. The third-order valence-corrected chi connectivity index (χ3v) is 3.85. The number of nitrogens with one attached hydrogen (secondary N) is 1. The lowest BCUT2D eigenvalue weighted by molar-refractivity contribution is -0.116. The van der Waals surface area contributed by atoms with Crippen LogP contribution in [0.5, 0.6) is 0 Å². The van der Waals surface area contributed by atoms with Crippen molar-refractivity contribution in [1.82, 2.24) is 0 Å². The van der Waals surface area contributed by atoms with Crippen LogP contribution in [0.2, 0.25) is 0 Å². The van der Waals surface area contributed by atoms with Crippen LogP contribution < -0.4 is 5.32 Å². The van der Waals surface area contributed by atoms with E-state index in [1.165, 1.54) is 19.1 Å². The number of hydrogen-bond donors (Lipinski definition) is 1. The zero-order chi connectivity index (χ0) is 17.0. The molecular weight excluding hydrogens is 293 g/mol. The van der Waals surface area contributed by atoms with E-state index in [9.17, 15) is 14.0 Å². The Morgan fingerprint density at radius 3 is 2.39 bits per heavy atom. The molecule has 2 aromatic rings. The average molecular weight is 313 g/mol. The molecular formula is C19H20FNO2. The van der Waals surface area contributed by atoms with E-state index in [0.717, 1.165) is 11.1 Å². The van der Waals surface area contributed by atoms with Crippen molar-refractivity contribution >= 4 is 17.4 Å². The summed E-state index contributed by atoms with van der Waals surface area (Å²) in [6.45, 7) is 5.29. The summed E-state index contributed by atoms with van der Waals surface area (Å²) in [5.74, 6) is -0.486. The molecule has 0 aliphatic carbocycles. The van der Waals surface area contributed by atoms with Gasteiger partial charge in [0, 0.05) is 17.7 Å². The van der Waals surface area contributed by atoms with E-state index in [2.05, 4.69) is 5.32 Å². The van der Waals surface area contributed by atoms with Crippen molar-refractivity contribution in [3.63, 3.8) is 0 Å². The van der Waals surface area contributed by atoms with Crippen LogP contribution in [0.25, 0.3) is 0 Å². The molecule has 0 heterocycles. The van der Waals surface area contributed by atoms with E-state index >= 15 is 0 Å². The summed E-state index contributed by atoms with van der Waals surface area (Å²) in [7, 11) is 0. The zero-order valence-electron chi connectivity index (χ0n) is 13.5. The van der Waals surface area contributed by atoms with Gasteiger partial charge in [0.05, 0.1) is 0 Å². The van der Waals surface area contributed by atoms with Crippen LogP contribution in [0.4, 0.5) is 10.1 Å². The minimum absolute atomic E-state index is 0.0214. The summed E-state index contributed by atoms with van der Waals surface area (Å²) in [4.78, 5) is 23.7. The van der Waals surface area contributed by atoms with E-state index in [1.54, 1.807) is 24.3 Å². The molecule has 2 rings (SSSR count). The summed E-state index contributed by atoms with van der Waals surface area (Å²) >= 11 is 0. The minimum atomic E-state index is -0.290. The zero-order valence-corrected chi connectivity index (χ0v) is 13.5. The number of rotatable bonds is 5. The van der Waals surface area contributed by atoms with E-state index in [-0.39, 0.29) is 29.8 Å². The van der Waals surface area contributed by atoms with Gasteiger partial charge >= 0.3 is 0 Å². The Hall–Kier alpha value is -2.49. The fourth-order valence-corrected chi connectivity index (χ4v) is 2.36. The molecule has 0 spiro atoms. The van der Waals surface area contributed by atoms with E-state index < -0.39 is 0 Å². The van der Waals surface area contributed by atoms with E-state index in [0.29, 0.717) is 11.3 Å². The van der Waals surface area contributed by atoms with Crippen molar-refractivity contribution in [1.29, 1.82) is 0 Å². The number of hydrogen-bond acceptors (Lipinski definition) is 2. The maximum atomic E-state index is 12.9. The van der Waals surface area contributed by atoms with Crippen LogP contribution in [-0.2, 0) is 4.79 Å². The summed E-state index contributed by atoms with van der Waals surface area (Å²) in [5.41, 5.74) is 3.03. The first-order valence-corrected chi connectivity index (χ1v) is 7.53. The number of carbonyl (C=O) groups excluding carboxylic acids is 2.